The highest BCUT2D eigenvalue weighted by Gasteiger charge is 2.34. The maximum absolute atomic E-state index is 14.4. The number of pyridine rings is 1. The summed E-state index contributed by atoms with van der Waals surface area (Å²) in [6.45, 7) is 2.37. The molecule has 0 radical (unpaired) electrons. The van der Waals surface area contributed by atoms with Crippen molar-refractivity contribution in [1.29, 1.82) is 0 Å². The number of anilines is 2. The Hall–Kier alpha value is -3.68. The number of hydrogen-bond acceptors (Lipinski definition) is 3. The number of rotatable bonds is 3. The highest BCUT2D eigenvalue weighted by Crippen LogP contribution is 2.41. The number of fused-ring (bicyclic) bond motifs is 2. The van der Waals surface area contributed by atoms with E-state index in [1.54, 1.807) is 24.3 Å². The van der Waals surface area contributed by atoms with Gasteiger partial charge in [-0.25, -0.2) is 13.8 Å². The Labute approximate surface area is 192 Å². The number of nitrogens with zero attached hydrogens (tertiary/aromatic N) is 1. The van der Waals surface area contributed by atoms with Gasteiger partial charge < -0.3 is 10.6 Å². The van der Waals surface area contributed by atoms with E-state index in [1.165, 1.54) is 24.3 Å². The van der Waals surface area contributed by atoms with E-state index in [2.05, 4.69) is 15.6 Å². The molecule has 4 aromatic rings. The summed E-state index contributed by atoms with van der Waals surface area (Å²) >= 11 is 0. The van der Waals surface area contributed by atoms with E-state index in [1.807, 2.05) is 13.0 Å². The Morgan fingerprint density at radius 3 is 2.50 bits per heavy atom. The monoisotopic (exact) mass is 469 g/mol. The fourth-order valence-electron chi connectivity index (χ4n) is 4.49. The van der Waals surface area contributed by atoms with Gasteiger partial charge in [0.25, 0.3) is 0 Å². The van der Waals surface area contributed by atoms with Crippen molar-refractivity contribution in [2.24, 2.45) is 5.92 Å². The number of benzene rings is 3. The maximum Gasteiger partial charge on any atom is 0.417 e. The summed E-state index contributed by atoms with van der Waals surface area (Å²) in [4.78, 5) is 4.49. The van der Waals surface area contributed by atoms with E-state index in [0.29, 0.717) is 28.7 Å². The fourth-order valence-corrected chi connectivity index (χ4v) is 4.49. The van der Waals surface area contributed by atoms with Crippen molar-refractivity contribution in [2.75, 3.05) is 17.2 Å². The van der Waals surface area contributed by atoms with Gasteiger partial charge in [0.05, 0.1) is 28.5 Å². The summed E-state index contributed by atoms with van der Waals surface area (Å²) in [5, 5.41) is 7.06. The molecule has 34 heavy (non-hydrogen) atoms. The molecule has 0 saturated carbocycles. The molecule has 0 aliphatic carbocycles. The lowest BCUT2D eigenvalue weighted by Gasteiger charge is -2.34. The van der Waals surface area contributed by atoms with E-state index in [0.717, 1.165) is 12.1 Å². The van der Waals surface area contributed by atoms with Gasteiger partial charge in [0.15, 0.2) is 0 Å². The van der Waals surface area contributed by atoms with Crippen LogP contribution in [0.3, 0.4) is 0 Å². The molecule has 2 N–H and O–H groups in total. The molecule has 2 unspecified atom stereocenters. The number of aromatic nitrogens is 1. The molecule has 1 aliphatic rings. The largest absolute Gasteiger partial charge is 0.417 e. The normalized spacial score (nSPS) is 17.8. The van der Waals surface area contributed by atoms with Crippen molar-refractivity contribution in [1.82, 2.24) is 4.98 Å². The van der Waals surface area contributed by atoms with Crippen molar-refractivity contribution in [2.45, 2.75) is 19.1 Å². The fraction of sp³-hybridized carbons (Fsp3) is 0.192. The van der Waals surface area contributed by atoms with Crippen LogP contribution in [0.1, 0.15) is 24.1 Å². The SMILES string of the molecule is CC1CNc2c(F)cc(F)cc2C1Nc1cc(-c2ccccc2C(F)(F)F)nc2ccccc12. The summed E-state index contributed by atoms with van der Waals surface area (Å²) < 4.78 is 69.6. The van der Waals surface area contributed by atoms with Crippen molar-refractivity contribution in [3.05, 3.63) is 89.5 Å². The molecule has 0 amide bonds. The van der Waals surface area contributed by atoms with Gasteiger partial charge in [-0.2, -0.15) is 13.2 Å². The molecule has 2 heterocycles. The van der Waals surface area contributed by atoms with Crippen LogP contribution in [0.15, 0.2) is 66.7 Å². The van der Waals surface area contributed by atoms with Crippen LogP contribution in [0.2, 0.25) is 0 Å². The second-order valence-corrected chi connectivity index (χ2v) is 8.45. The zero-order valence-corrected chi connectivity index (χ0v) is 18.0. The van der Waals surface area contributed by atoms with E-state index in [-0.39, 0.29) is 22.9 Å². The average molecular weight is 469 g/mol. The third-order valence-electron chi connectivity index (χ3n) is 6.13. The first kappa shape index (κ1) is 22.1. The van der Waals surface area contributed by atoms with Crippen molar-refractivity contribution in [3.63, 3.8) is 0 Å². The first-order valence-electron chi connectivity index (χ1n) is 10.8. The van der Waals surface area contributed by atoms with Crippen LogP contribution >= 0.6 is 0 Å². The predicted octanol–water partition coefficient (Wildman–Crippen LogP) is 7.41. The summed E-state index contributed by atoms with van der Waals surface area (Å²) in [6, 6.07) is 15.6. The molecule has 3 aromatic carbocycles. The van der Waals surface area contributed by atoms with Gasteiger partial charge in [-0.3, -0.25) is 0 Å². The van der Waals surface area contributed by atoms with Crippen molar-refractivity contribution in [3.8, 4) is 11.3 Å². The van der Waals surface area contributed by atoms with Crippen LogP contribution in [-0.4, -0.2) is 11.5 Å². The molecule has 0 bridgehead atoms. The molecule has 3 nitrogen and oxygen atoms in total. The predicted molar refractivity (Wildman–Crippen MR) is 123 cm³/mol. The first-order chi connectivity index (χ1) is 16.2. The maximum atomic E-state index is 14.4. The Balaban J connectivity index is 1.67. The van der Waals surface area contributed by atoms with Crippen LogP contribution in [0.25, 0.3) is 22.2 Å². The van der Waals surface area contributed by atoms with E-state index in [9.17, 15) is 22.0 Å². The summed E-state index contributed by atoms with van der Waals surface area (Å²) in [5.74, 6) is -1.45. The van der Waals surface area contributed by atoms with Gasteiger partial charge in [-0.15, -0.1) is 0 Å². The van der Waals surface area contributed by atoms with Crippen LogP contribution in [0, 0.1) is 17.6 Å². The third-order valence-corrected chi connectivity index (χ3v) is 6.13. The molecule has 0 fully saturated rings. The van der Waals surface area contributed by atoms with E-state index >= 15 is 0 Å². The number of alkyl halides is 3. The van der Waals surface area contributed by atoms with Gasteiger partial charge in [0.2, 0.25) is 0 Å². The molecular weight excluding hydrogens is 449 g/mol. The van der Waals surface area contributed by atoms with Crippen LogP contribution < -0.4 is 10.6 Å². The minimum absolute atomic E-state index is 0.0420. The highest BCUT2D eigenvalue weighted by atomic mass is 19.4. The number of para-hydroxylation sites is 1. The van der Waals surface area contributed by atoms with Crippen LogP contribution in [0.5, 0.6) is 0 Å². The zero-order chi connectivity index (χ0) is 24.0. The van der Waals surface area contributed by atoms with Crippen LogP contribution in [-0.2, 0) is 6.18 Å². The summed E-state index contributed by atoms with van der Waals surface area (Å²) in [6.07, 6.45) is -4.55. The van der Waals surface area contributed by atoms with Crippen molar-refractivity contribution >= 4 is 22.3 Å². The number of halogens is 5. The minimum atomic E-state index is -4.55. The third kappa shape index (κ3) is 3.93. The Kier molecular flexibility index (Phi) is 5.38. The molecule has 0 spiro atoms. The second-order valence-electron chi connectivity index (χ2n) is 8.45. The lowest BCUT2D eigenvalue weighted by Crippen LogP contribution is -2.31. The molecule has 0 saturated heterocycles. The Morgan fingerprint density at radius 2 is 1.71 bits per heavy atom. The molecule has 8 heteroatoms. The lowest BCUT2D eigenvalue weighted by atomic mass is 9.88. The van der Waals surface area contributed by atoms with Gasteiger partial charge in [0, 0.05) is 34.8 Å². The minimum Gasteiger partial charge on any atom is -0.382 e. The average Bonchev–Trinajstić information content (AvgIpc) is 2.80. The zero-order valence-electron chi connectivity index (χ0n) is 18.0. The van der Waals surface area contributed by atoms with Gasteiger partial charge in [-0.1, -0.05) is 43.3 Å². The van der Waals surface area contributed by atoms with Crippen molar-refractivity contribution < 1.29 is 22.0 Å². The molecule has 1 aliphatic heterocycles. The van der Waals surface area contributed by atoms with Gasteiger partial charge >= 0.3 is 6.18 Å². The first-order valence-corrected chi connectivity index (χ1v) is 10.8. The lowest BCUT2D eigenvalue weighted by molar-refractivity contribution is -0.137. The molecule has 1 aromatic heterocycles. The van der Waals surface area contributed by atoms with Gasteiger partial charge in [0.1, 0.15) is 11.6 Å². The molecule has 2 atom stereocenters. The van der Waals surface area contributed by atoms with Gasteiger partial charge in [-0.05, 0) is 30.2 Å². The smallest absolute Gasteiger partial charge is 0.382 e. The van der Waals surface area contributed by atoms with Crippen LogP contribution in [0.4, 0.5) is 33.3 Å². The number of nitrogens with one attached hydrogen (secondary N) is 2. The summed E-state index contributed by atoms with van der Waals surface area (Å²) in [7, 11) is 0. The topological polar surface area (TPSA) is 37.0 Å². The molecule has 174 valence electrons. The van der Waals surface area contributed by atoms with E-state index < -0.39 is 29.4 Å². The standard InChI is InChI=1S/C26H20F5N3/c1-14-13-32-25-18(10-15(27)11-20(25)28)24(14)34-23-12-22(33-21-9-5-3-7-17(21)23)16-6-2-4-8-19(16)26(29,30)31/h2-12,14,24,32H,13H2,1H3,(H,33,34). The Morgan fingerprint density at radius 1 is 0.971 bits per heavy atom. The summed E-state index contributed by atoms with van der Waals surface area (Å²) in [5.41, 5.74) is 1.01. The Bertz CT molecular complexity index is 1380. The van der Waals surface area contributed by atoms with E-state index in [4.69, 9.17) is 0 Å². The highest BCUT2D eigenvalue weighted by molar-refractivity contribution is 5.94. The molecule has 5 rings (SSSR count). The molecular formula is C26H20F5N3. The number of hydrogen-bond donors (Lipinski definition) is 2. The quantitative estimate of drug-likeness (QED) is 0.307. The second kappa shape index (κ2) is 8.27.